The summed E-state index contributed by atoms with van der Waals surface area (Å²) in [5.74, 6) is -0.307. The van der Waals surface area contributed by atoms with Gasteiger partial charge in [0.25, 0.3) is 11.6 Å². The van der Waals surface area contributed by atoms with E-state index in [0.29, 0.717) is 5.56 Å². The van der Waals surface area contributed by atoms with E-state index in [9.17, 15) is 20.0 Å². The molecule has 18 heavy (non-hydrogen) atoms. The molecular formula is C12H14N2O4. The van der Waals surface area contributed by atoms with Crippen molar-refractivity contribution in [1.29, 1.82) is 0 Å². The van der Waals surface area contributed by atoms with Crippen molar-refractivity contribution in [3.05, 3.63) is 39.9 Å². The summed E-state index contributed by atoms with van der Waals surface area (Å²) in [6.45, 7) is -0.0777. The van der Waals surface area contributed by atoms with Crippen molar-refractivity contribution >= 4 is 11.6 Å². The Hall–Kier alpha value is -1.95. The van der Waals surface area contributed by atoms with Crippen LogP contribution in [0.1, 0.15) is 29.6 Å². The normalized spacial score (nSPS) is 16.7. The lowest BCUT2D eigenvalue weighted by atomic mass is 9.77. The Kier molecular flexibility index (Phi) is 3.29. The number of aliphatic hydroxyl groups is 1. The van der Waals surface area contributed by atoms with Gasteiger partial charge in [0.05, 0.1) is 17.1 Å². The van der Waals surface area contributed by atoms with Crippen molar-refractivity contribution in [2.75, 3.05) is 6.61 Å². The van der Waals surface area contributed by atoms with Crippen molar-refractivity contribution in [2.24, 2.45) is 0 Å². The summed E-state index contributed by atoms with van der Waals surface area (Å²) in [6, 6.07) is 5.41. The van der Waals surface area contributed by atoms with Crippen LogP contribution in [0.5, 0.6) is 0 Å². The fourth-order valence-electron chi connectivity index (χ4n) is 1.97. The highest BCUT2D eigenvalue weighted by molar-refractivity contribution is 5.95. The van der Waals surface area contributed by atoms with Crippen LogP contribution in [0.3, 0.4) is 0 Å². The minimum absolute atomic E-state index is 0.0490. The van der Waals surface area contributed by atoms with Gasteiger partial charge in [-0.05, 0) is 31.4 Å². The number of nitro groups is 1. The topological polar surface area (TPSA) is 92.5 Å². The smallest absolute Gasteiger partial charge is 0.269 e. The molecule has 6 nitrogen and oxygen atoms in total. The first kappa shape index (κ1) is 12.5. The fraction of sp³-hybridized carbons (Fsp3) is 0.417. The summed E-state index contributed by atoms with van der Waals surface area (Å²) < 4.78 is 0. The predicted molar refractivity (Wildman–Crippen MR) is 64.2 cm³/mol. The van der Waals surface area contributed by atoms with Gasteiger partial charge in [-0.25, -0.2) is 0 Å². The highest BCUT2D eigenvalue weighted by Gasteiger charge is 2.37. The van der Waals surface area contributed by atoms with Gasteiger partial charge in [0.1, 0.15) is 0 Å². The van der Waals surface area contributed by atoms with Crippen molar-refractivity contribution in [3.63, 3.8) is 0 Å². The zero-order valence-corrected chi connectivity index (χ0v) is 9.76. The van der Waals surface area contributed by atoms with Gasteiger partial charge in [0, 0.05) is 17.7 Å². The lowest BCUT2D eigenvalue weighted by molar-refractivity contribution is -0.384. The highest BCUT2D eigenvalue weighted by Crippen LogP contribution is 2.31. The number of amides is 1. The third-order valence-corrected chi connectivity index (χ3v) is 3.33. The van der Waals surface area contributed by atoms with Gasteiger partial charge < -0.3 is 10.4 Å². The summed E-state index contributed by atoms with van der Waals surface area (Å²) in [7, 11) is 0. The fourth-order valence-corrected chi connectivity index (χ4v) is 1.97. The number of aliphatic hydroxyl groups excluding tert-OH is 1. The molecule has 1 fully saturated rings. The Bertz CT molecular complexity index is 460. The predicted octanol–water partition coefficient (Wildman–Crippen LogP) is 1.24. The van der Waals surface area contributed by atoms with Crippen molar-refractivity contribution in [1.82, 2.24) is 5.32 Å². The van der Waals surface area contributed by atoms with E-state index in [0.717, 1.165) is 19.3 Å². The van der Waals surface area contributed by atoms with E-state index in [1.165, 1.54) is 24.3 Å². The Morgan fingerprint density at radius 3 is 2.39 bits per heavy atom. The van der Waals surface area contributed by atoms with Gasteiger partial charge in [-0.15, -0.1) is 0 Å². The number of carbonyl (C=O) groups is 1. The molecule has 0 aromatic heterocycles. The van der Waals surface area contributed by atoms with E-state index in [2.05, 4.69) is 5.32 Å². The van der Waals surface area contributed by atoms with Crippen LogP contribution < -0.4 is 5.32 Å². The number of carbonyl (C=O) groups excluding carboxylic acids is 1. The van der Waals surface area contributed by atoms with Crippen LogP contribution in [0.4, 0.5) is 5.69 Å². The molecule has 0 aliphatic heterocycles. The van der Waals surface area contributed by atoms with E-state index in [4.69, 9.17) is 0 Å². The van der Waals surface area contributed by atoms with E-state index in [-0.39, 0.29) is 18.2 Å². The van der Waals surface area contributed by atoms with Gasteiger partial charge in [0.15, 0.2) is 0 Å². The molecule has 96 valence electrons. The molecule has 1 saturated carbocycles. The number of rotatable bonds is 4. The lowest BCUT2D eigenvalue weighted by Crippen LogP contribution is -2.56. The van der Waals surface area contributed by atoms with E-state index < -0.39 is 10.5 Å². The van der Waals surface area contributed by atoms with Crippen molar-refractivity contribution < 1.29 is 14.8 Å². The second-order valence-electron chi connectivity index (χ2n) is 4.55. The average molecular weight is 250 g/mol. The Balaban J connectivity index is 2.07. The molecule has 1 aliphatic rings. The molecule has 6 heteroatoms. The molecular weight excluding hydrogens is 236 g/mol. The molecule has 2 N–H and O–H groups in total. The second kappa shape index (κ2) is 4.73. The van der Waals surface area contributed by atoms with Crippen LogP contribution in [-0.4, -0.2) is 28.1 Å². The van der Waals surface area contributed by atoms with Gasteiger partial charge in [-0.2, -0.15) is 0 Å². The molecule has 0 radical (unpaired) electrons. The molecule has 2 rings (SSSR count). The van der Waals surface area contributed by atoms with Gasteiger partial charge >= 0.3 is 0 Å². The molecule has 1 aliphatic carbocycles. The van der Waals surface area contributed by atoms with E-state index in [1.807, 2.05) is 0 Å². The molecule has 0 heterocycles. The largest absolute Gasteiger partial charge is 0.394 e. The van der Waals surface area contributed by atoms with Crippen LogP contribution in [-0.2, 0) is 0 Å². The summed E-state index contributed by atoms with van der Waals surface area (Å²) in [5, 5.41) is 22.5. The molecule has 0 unspecified atom stereocenters. The quantitative estimate of drug-likeness (QED) is 0.621. The number of nitro benzene ring substituents is 1. The number of hydrogen-bond donors (Lipinski definition) is 2. The minimum Gasteiger partial charge on any atom is -0.394 e. The maximum Gasteiger partial charge on any atom is 0.269 e. The summed E-state index contributed by atoms with van der Waals surface area (Å²) in [4.78, 5) is 21.9. The molecule has 0 bridgehead atoms. The first-order valence-corrected chi connectivity index (χ1v) is 5.74. The first-order chi connectivity index (χ1) is 8.56. The Labute approximate surface area is 104 Å². The maximum atomic E-state index is 11.9. The van der Waals surface area contributed by atoms with Crippen LogP contribution in [0, 0.1) is 10.1 Å². The maximum absolute atomic E-state index is 11.9. The first-order valence-electron chi connectivity index (χ1n) is 5.74. The van der Waals surface area contributed by atoms with Crippen LogP contribution in [0.2, 0.25) is 0 Å². The zero-order chi connectivity index (χ0) is 13.2. The molecule has 0 spiro atoms. The Morgan fingerprint density at radius 1 is 1.39 bits per heavy atom. The standard InChI is InChI=1S/C12H14N2O4/c15-8-12(6-1-7-12)13-11(16)9-2-4-10(5-3-9)14(17)18/h2-5,15H,1,6-8H2,(H,13,16). The summed E-state index contributed by atoms with van der Waals surface area (Å²) in [6.07, 6.45) is 2.52. The molecule has 1 aromatic rings. The molecule has 0 atom stereocenters. The molecule has 1 amide bonds. The molecule has 1 aromatic carbocycles. The van der Waals surface area contributed by atoms with Crippen LogP contribution in [0.15, 0.2) is 24.3 Å². The zero-order valence-electron chi connectivity index (χ0n) is 9.76. The van der Waals surface area contributed by atoms with E-state index >= 15 is 0 Å². The lowest BCUT2D eigenvalue weighted by Gasteiger charge is -2.40. The average Bonchev–Trinajstić information content (AvgIpc) is 2.33. The minimum atomic E-state index is -0.511. The highest BCUT2D eigenvalue weighted by atomic mass is 16.6. The monoisotopic (exact) mass is 250 g/mol. The SMILES string of the molecule is O=C(NC1(CO)CCC1)c1ccc([N+](=O)[O-])cc1. The van der Waals surface area contributed by atoms with Crippen LogP contribution in [0.25, 0.3) is 0 Å². The molecule has 0 saturated heterocycles. The summed E-state index contributed by atoms with van der Waals surface area (Å²) in [5.41, 5.74) is -0.189. The van der Waals surface area contributed by atoms with Gasteiger partial charge in [-0.1, -0.05) is 0 Å². The third kappa shape index (κ3) is 2.33. The number of hydrogen-bond acceptors (Lipinski definition) is 4. The van der Waals surface area contributed by atoms with Gasteiger partial charge in [0.2, 0.25) is 0 Å². The number of nitrogens with one attached hydrogen (secondary N) is 1. The number of nitrogens with zero attached hydrogens (tertiary/aromatic N) is 1. The third-order valence-electron chi connectivity index (χ3n) is 3.33. The Morgan fingerprint density at radius 2 is 2.00 bits per heavy atom. The number of benzene rings is 1. The van der Waals surface area contributed by atoms with Crippen molar-refractivity contribution in [2.45, 2.75) is 24.8 Å². The van der Waals surface area contributed by atoms with Gasteiger partial charge in [-0.3, -0.25) is 14.9 Å². The number of non-ortho nitro benzene ring substituents is 1. The van der Waals surface area contributed by atoms with E-state index in [1.54, 1.807) is 0 Å². The second-order valence-corrected chi connectivity index (χ2v) is 4.55. The van der Waals surface area contributed by atoms with Crippen LogP contribution >= 0.6 is 0 Å². The van der Waals surface area contributed by atoms with Crippen molar-refractivity contribution in [3.8, 4) is 0 Å². The summed E-state index contributed by atoms with van der Waals surface area (Å²) >= 11 is 0.